The van der Waals surface area contributed by atoms with Crippen molar-refractivity contribution < 1.29 is 26.3 Å². The van der Waals surface area contributed by atoms with Gasteiger partial charge in [0.25, 0.3) is 0 Å². The molecule has 0 saturated carbocycles. The molecule has 0 bridgehead atoms. The molecule has 0 saturated heterocycles. The highest BCUT2D eigenvalue weighted by molar-refractivity contribution is 5.72. The minimum absolute atomic E-state index is 0.0429. The number of hydrogen-bond acceptors (Lipinski definition) is 1. The van der Waals surface area contributed by atoms with Gasteiger partial charge in [-0.15, -0.1) is 0 Å². The summed E-state index contributed by atoms with van der Waals surface area (Å²) < 4.78 is 76.9. The lowest BCUT2D eigenvalue weighted by molar-refractivity contribution is -0.138. The third kappa shape index (κ3) is 3.24. The van der Waals surface area contributed by atoms with E-state index in [0.717, 1.165) is 30.3 Å². The highest BCUT2D eigenvalue weighted by Gasteiger charge is 2.35. The van der Waals surface area contributed by atoms with Crippen molar-refractivity contribution >= 4 is 0 Å². The first-order chi connectivity index (χ1) is 10.1. The standard InChI is InChI=1S/C15H11F6N/c16-14(17,18)11-6-4-9(5-7-11)13-10(8-22)2-1-3-12(13)15(19,20)21/h1-7H,8,22H2. The second-order valence-electron chi connectivity index (χ2n) is 4.62. The average molecular weight is 319 g/mol. The van der Waals surface area contributed by atoms with Crippen LogP contribution in [0.2, 0.25) is 0 Å². The Kier molecular flexibility index (Phi) is 4.19. The minimum Gasteiger partial charge on any atom is -0.326 e. The number of rotatable bonds is 2. The van der Waals surface area contributed by atoms with Crippen LogP contribution in [0.5, 0.6) is 0 Å². The SMILES string of the molecule is NCc1cccc(C(F)(F)F)c1-c1ccc(C(F)(F)F)cc1. The monoisotopic (exact) mass is 319 g/mol. The van der Waals surface area contributed by atoms with Crippen molar-refractivity contribution in [1.82, 2.24) is 0 Å². The van der Waals surface area contributed by atoms with E-state index in [-0.39, 0.29) is 23.2 Å². The van der Waals surface area contributed by atoms with Crippen LogP contribution >= 0.6 is 0 Å². The molecule has 22 heavy (non-hydrogen) atoms. The molecule has 2 aromatic carbocycles. The second-order valence-corrected chi connectivity index (χ2v) is 4.62. The van der Waals surface area contributed by atoms with Crippen LogP contribution in [0.15, 0.2) is 42.5 Å². The van der Waals surface area contributed by atoms with Gasteiger partial charge in [-0.1, -0.05) is 24.3 Å². The molecule has 1 nitrogen and oxygen atoms in total. The number of hydrogen-bond donors (Lipinski definition) is 1. The maximum atomic E-state index is 13.1. The van der Waals surface area contributed by atoms with Crippen LogP contribution in [0, 0.1) is 0 Å². The van der Waals surface area contributed by atoms with E-state index in [2.05, 4.69) is 0 Å². The first kappa shape index (κ1) is 16.4. The first-order valence-electron chi connectivity index (χ1n) is 6.21. The lowest BCUT2D eigenvalue weighted by Crippen LogP contribution is -2.11. The van der Waals surface area contributed by atoms with Crippen molar-refractivity contribution in [3.05, 3.63) is 59.2 Å². The summed E-state index contributed by atoms with van der Waals surface area (Å²) in [5.74, 6) is 0. The third-order valence-electron chi connectivity index (χ3n) is 3.18. The predicted molar refractivity (Wildman–Crippen MR) is 69.8 cm³/mol. The molecule has 0 aliphatic rings. The molecule has 0 heterocycles. The van der Waals surface area contributed by atoms with Crippen LogP contribution in [-0.4, -0.2) is 0 Å². The zero-order chi connectivity index (χ0) is 16.5. The van der Waals surface area contributed by atoms with Crippen LogP contribution in [0.3, 0.4) is 0 Å². The van der Waals surface area contributed by atoms with Gasteiger partial charge in [-0.25, -0.2) is 0 Å². The van der Waals surface area contributed by atoms with Crippen molar-refractivity contribution in [3.63, 3.8) is 0 Å². The fraction of sp³-hybridized carbons (Fsp3) is 0.200. The minimum atomic E-state index is -4.62. The lowest BCUT2D eigenvalue weighted by atomic mass is 9.93. The summed E-state index contributed by atoms with van der Waals surface area (Å²) in [5, 5.41) is 0. The van der Waals surface area contributed by atoms with E-state index in [1.807, 2.05) is 0 Å². The van der Waals surface area contributed by atoms with Gasteiger partial charge in [-0.05, 0) is 34.9 Å². The molecule has 0 aliphatic carbocycles. The van der Waals surface area contributed by atoms with Gasteiger partial charge in [0.2, 0.25) is 0 Å². The largest absolute Gasteiger partial charge is 0.417 e. The summed E-state index contributed by atoms with van der Waals surface area (Å²) in [7, 11) is 0. The maximum Gasteiger partial charge on any atom is 0.417 e. The van der Waals surface area contributed by atoms with Crippen LogP contribution in [-0.2, 0) is 18.9 Å². The van der Waals surface area contributed by atoms with Gasteiger partial charge < -0.3 is 5.73 Å². The Morgan fingerprint density at radius 2 is 1.36 bits per heavy atom. The fourth-order valence-electron chi connectivity index (χ4n) is 2.17. The molecule has 118 valence electrons. The number of alkyl halides is 6. The Labute approximate surface area is 122 Å². The highest BCUT2D eigenvalue weighted by atomic mass is 19.4. The number of nitrogens with two attached hydrogens (primary N) is 1. The molecule has 0 unspecified atom stereocenters. The van der Waals surface area contributed by atoms with E-state index in [9.17, 15) is 26.3 Å². The summed E-state index contributed by atoms with van der Waals surface area (Å²) in [4.78, 5) is 0. The van der Waals surface area contributed by atoms with Gasteiger partial charge in [0.05, 0.1) is 11.1 Å². The molecule has 0 atom stereocenters. The molecular weight excluding hydrogens is 308 g/mol. The van der Waals surface area contributed by atoms with Gasteiger partial charge in [0.15, 0.2) is 0 Å². The summed E-state index contributed by atoms with van der Waals surface area (Å²) in [6.07, 6.45) is -9.16. The summed E-state index contributed by atoms with van der Waals surface area (Å²) >= 11 is 0. The third-order valence-corrected chi connectivity index (χ3v) is 3.18. The molecule has 2 N–H and O–H groups in total. The number of benzene rings is 2. The van der Waals surface area contributed by atoms with Crippen molar-refractivity contribution in [3.8, 4) is 11.1 Å². The van der Waals surface area contributed by atoms with Crippen LogP contribution in [0.25, 0.3) is 11.1 Å². The molecule has 0 radical (unpaired) electrons. The van der Waals surface area contributed by atoms with Gasteiger partial charge in [-0.3, -0.25) is 0 Å². The van der Waals surface area contributed by atoms with Gasteiger partial charge in [0.1, 0.15) is 0 Å². The van der Waals surface area contributed by atoms with E-state index >= 15 is 0 Å². The van der Waals surface area contributed by atoms with Crippen LogP contribution in [0.1, 0.15) is 16.7 Å². The Hall–Kier alpha value is -2.02. The van der Waals surface area contributed by atoms with Crippen molar-refractivity contribution in [2.75, 3.05) is 0 Å². The Morgan fingerprint density at radius 1 is 0.773 bits per heavy atom. The van der Waals surface area contributed by atoms with Gasteiger partial charge in [0, 0.05) is 6.54 Å². The van der Waals surface area contributed by atoms with Crippen molar-refractivity contribution in [1.29, 1.82) is 0 Å². The summed E-state index contributed by atoms with van der Waals surface area (Å²) in [6.45, 7) is -0.153. The van der Waals surface area contributed by atoms with Crippen molar-refractivity contribution in [2.24, 2.45) is 5.73 Å². The second kappa shape index (κ2) is 5.64. The van der Waals surface area contributed by atoms with Crippen molar-refractivity contribution in [2.45, 2.75) is 18.9 Å². The van der Waals surface area contributed by atoms with E-state index in [1.165, 1.54) is 12.1 Å². The quantitative estimate of drug-likeness (QED) is 0.787. The van der Waals surface area contributed by atoms with E-state index in [0.29, 0.717) is 0 Å². The van der Waals surface area contributed by atoms with E-state index < -0.39 is 23.5 Å². The Morgan fingerprint density at radius 3 is 1.82 bits per heavy atom. The lowest BCUT2D eigenvalue weighted by Gasteiger charge is -2.17. The summed E-state index contributed by atoms with van der Waals surface area (Å²) in [6, 6.07) is 7.07. The topological polar surface area (TPSA) is 26.0 Å². The molecule has 2 aromatic rings. The Bertz CT molecular complexity index is 655. The van der Waals surface area contributed by atoms with Crippen LogP contribution < -0.4 is 5.73 Å². The molecule has 0 fully saturated rings. The highest BCUT2D eigenvalue weighted by Crippen LogP contribution is 2.39. The van der Waals surface area contributed by atoms with Gasteiger partial charge >= 0.3 is 12.4 Å². The number of halogens is 6. The zero-order valence-corrected chi connectivity index (χ0v) is 11.1. The molecule has 0 aliphatic heterocycles. The maximum absolute atomic E-state index is 13.1. The molecule has 0 spiro atoms. The zero-order valence-electron chi connectivity index (χ0n) is 11.1. The van der Waals surface area contributed by atoms with Crippen LogP contribution in [0.4, 0.5) is 26.3 Å². The molecule has 7 heteroatoms. The molecular formula is C15H11F6N. The average Bonchev–Trinajstić information content (AvgIpc) is 2.44. The normalized spacial score (nSPS) is 12.5. The molecule has 0 aromatic heterocycles. The van der Waals surface area contributed by atoms with Gasteiger partial charge in [-0.2, -0.15) is 26.3 Å². The molecule has 2 rings (SSSR count). The molecule has 0 amide bonds. The predicted octanol–water partition coefficient (Wildman–Crippen LogP) is 4.85. The van der Waals surface area contributed by atoms with E-state index in [4.69, 9.17) is 5.73 Å². The fourth-order valence-corrected chi connectivity index (χ4v) is 2.17. The van der Waals surface area contributed by atoms with E-state index in [1.54, 1.807) is 0 Å². The smallest absolute Gasteiger partial charge is 0.326 e. The summed E-state index contributed by atoms with van der Waals surface area (Å²) in [5.41, 5.74) is 3.68. The first-order valence-corrected chi connectivity index (χ1v) is 6.21. The Balaban J connectivity index is 2.61.